The first-order valence-electron chi connectivity index (χ1n) is 12.3. The van der Waals surface area contributed by atoms with Crippen molar-refractivity contribution in [2.45, 2.75) is 96.4 Å². The number of rotatable bonds is 4. The van der Waals surface area contributed by atoms with Gasteiger partial charge in [0, 0.05) is 7.11 Å². The first kappa shape index (κ1) is 23.8. The second kappa shape index (κ2) is 7.87. The molecule has 3 nitrogen and oxygen atoms in total. The molecule has 0 aromatic carbocycles. The first-order valence-corrected chi connectivity index (χ1v) is 12.3. The second-order valence-corrected chi connectivity index (χ2v) is 12.0. The molecule has 0 bridgehead atoms. The van der Waals surface area contributed by atoms with Crippen LogP contribution in [-0.2, 0) is 4.74 Å². The van der Waals surface area contributed by atoms with Gasteiger partial charge in [-0.25, -0.2) is 0 Å². The van der Waals surface area contributed by atoms with Crippen LogP contribution < -0.4 is 0 Å². The molecule has 2 N–H and O–H groups in total. The average molecular weight is 447 g/mol. The third-order valence-electron chi connectivity index (χ3n) is 10.9. The summed E-state index contributed by atoms with van der Waals surface area (Å²) >= 11 is 0. The molecule has 0 spiro atoms. The minimum atomic E-state index is -4.53. The van der Waals surface area contributed by atoms with E-state index in [-0.39, 0.29) is 35.5 Å². The molecule has 0 saturated heterocycles. The van der Waals surface area contributed by atoms with Crippen LogP contribution in [-0.4, -0.2) is 41.8 Å². The van der Waals surface area contributed by atoms with Crippen molar-refractivity contribution in [1.29, 1.82) is 0 Å². The first-order chi connectivity index (χ1) is 14.4. The van der Waals surface area contributed by atoms with E-state index in [1.165, 1.54) is 6.42 Å². The number of aliphatic hydroxyl groups is 2. The Bertz CT molecular complexity index is 669. The van der Waals surface area contributed by atoms with Crippen LogP contribution in [0.25, 0.3) is 0 Å². The highest BCUT2D eigenvalue weighted by molar-refractivity contribution is 5.12. The molecule has 0 aromatic rings. The molecule has 180 valence electrons. The van der Waals surface area contributed by atoms with Crippen molar-refractivity contribution in [3.63, 3.8) is 0 Å². The van der Waals surface area contributed by atoms with Gasteiger partial charge in [-0.15, -0.1) is 0 Å². The summed E-state index contributed by atoms with van der Waals surface area (Å²) in [5.74, 6) is 2.23. The van der Waals surface area contributed by atoms with E-state index in [0.717, 1.165) is 32.1 Å². The summed E-state index contributed by atoms with van der Waals surface area (Å²) < 4.78 is 45.8. The molecule has 0 heterocycles. The molecule has 31 heavy (non-hydrogen) atoms. The number of alkyl halides is 3. The van der Waals surface area contributed by atoms with Gasteiger partial charge in [0.25, 0.3) is 0 Å². The van der Waals surface area contributed by atoms with E-state index in [4.69, 9.17) is 4.74 Å². The van der Waals surface area contributed by atoms with E-state index in [2.05, 4.69) is 20.8 Å². The third-order valence-corrected chi connectivity index (χ3v) is 10.9. The smallest absolute Gasteiger partial charge is 0.390 e. The molecule has 6 heteroatoms. The quantitative estimate of drug-likeness (QED) is 0.593. The molecule has 10 atom stereocenters. The van der Waals surface area contributed by atoms with Crippen LogP contribution in [0.1, 0.15) is 78.6 Å². The third kappa shape index (κ3) is 3.58. The molecular weight excluding hydrogens is 405 g/mol. The van der Waals surface area contributed by atoms with Gasteiger partial charge in [0.05, 0.1) is 12.7 Å². The van der Waals surface area contributed by atoms with Crippen molar-refractivity contribution in [3.8, 4) is 0 Å². The van der Waals surface area contributed by atoms with Gasteiger partial charge in [0.2, 0.25) is 0 Å². The fourth-order valence-corrected chi connectivity index (χ4v) is 9.00. The number of ether oxygens (including phenoxy) is 1. The summed E-state index contributed by atoms with van der Waals surface area (Å²) in [5.41, 5.74) is -2.40. The van der Waals surface area contributed by atoms with E-state index in [1.807, 2.05) is 0 Å². The summed E-state index contributed by atoms with van der Waals surface area (Å²) in [6.07, 6.45) is 1.46. The Morgan fingerprint density at radius 1 is 0.968 bits per heavy atom. The van der Waals surface area contributed by atoms with E-state index < -0.39 is 17.9 Å². The molecule has 0 radical (unpaired) electrons. The Morgan fingerprint density at radius 3 is 2.29 bits per heavy atom. The lowest BCUT2D eigenvalue weighted by Gasteiger charge is -2.62. The van der Waals surface area contributed by atoms with E-state index in [0.29, 0.717) is 36.7 Å². The van der Waals surface area contributed by atoms with Gasteiger partial charge in [-0.05, 0) is 104 Å². The molecule has 4 aliphatic rings. The van der Waals surface area contributed by atoms with Crippen molar-refractivity contribution < 1.29 is 28.1 Å². The zero-order chi connectivity index (χ0) is 22.8. The largest absolute Gasteiger partial charge is 0.417 e. The van der Waals surface area contributed by atoms with Gasteiger partial charge in [-0.1, -0.05) is 20.8 Å². The lowest BCUT2D eigenvalue weighted by atomic mass is 9.43. The van der Waals surface area contributed by atoms with Crippen LogP contribution in [0.5, 0.6) is 0 Å². The van der Waals surface area contributed by atoms with Gasteiger partial charge in [0.1, 0.15) is 0 Å². The number of methoxy groups -OCH3 is 1. The summed E-state index contributed by atoms with van der Waals surface area (Å²) in [4.78, 5) is 0. The molecule has 0 aliphatic heterocycles. The summed E-state index contributed by atoms with van der Waals surface area (Å²) in [5, 5.41) is 21.0. The maximum atomic E-state index is 13.5. The lowest BCUT2D eigenvalue weighted by molar-refractivity contribution is -0.290. The molecule has 0 amide bonds. The predicted molar refractivity (Wildman–Crippen MR) is 113 cm³/mol. The van der Waals surface area contributed by atoms with Crippen LogP contribution >= 0.6 is 0 Å². The monoisotopic (exact) mass is 446 g/mol. The van der Waals surface area contributed by atoms with Gasteiger partial charge < -0.3 is 14.9 Å². The molecule has 0 unspecified atom stereocenters. The lowest BCUT2D eigenvalue weighted by Crippen LogP contribution is -2.59. The number of halogens is 3. The number of hydrogen-bond donors (Lipinski definition) is 2. The van der Waals surface area contributed by atoms with Crippen molar-refractivity contribution in [2.75, 3.05) is 13.7 Å². The van der Waals surface area contributed by atoms with E-state index >= 15 is 0 Å². The van der Waals surface area contributed by atoms with Crippen LogP contribution in [0, 0.1) is 46.3 Å². The van der Waals surface area contributed by atoms with Crippen molar-refractivity contribution in [2.24, 2.45) is 46.3 Å². The average Bonchev–Trinajstić information content (AvgIpc) is 3.04. The van der Waals surface area contributed by atoms with E-state index in [9.17, 15) is 23.4 Å². The Hall–Kier alpha value is -0.330. The Labute approximate surface area is 185 Å². The Morgan fingerprint density at radius 2 is 1.65 bits per heavy atom. The molecule has 4 saturated carbocycles. The fraction of sp³-hybridized carbons (Fsp3) is 1.00. The molecule has 4 fully saturated rings. The van der Waals surface area contributed by atoms with Crippen LogP contribution in [0.4, 0.5) is 13.2 Å². The standard InChI is InChI=1S/C25H41F3O3/c1-15(21(29)14-31-4)18-7-8-19-17-6-5-16-13-24(30,25(26,27)28)12-11-22(16,2)20(17)9-10-23(18,19)3/h15-21,29-30H,5-14H2,1-4H3/t15-,16+,17-,18+,19-,20-,21+,22-,23+,24+/m0/s1. The Kier molecular flexibility index (Phi) is 6.05. The molecule has 4 rings (SSSR count). The van der Waals surface area contributed by atoms with Gasteiger partial charge in [-0.3, -0.25) is 0 Å². The topological polar surface area (TPSA) is 49.7 Å². The van der Waals surface area contributed by atoms with Crippen LogP contribution in [0.15, 0.2) is 0 Å². The Balaban J connectivity index is 1.53. The SMILES string of the molecule is COC[C@@H](O)[C@@H](C)[C@H]1CC[C@H]2[C@@H]3CC[C@@H]4C[C@@](O)(C(F)(F)F)CC[C@]4(C)[C@H]3CC[C@]12C. The van der Waals surface area contributed by atoms with Gasteiger partial charge in [-0.2, -0.15) is 13.2 Å². The molecular formula is C25H41F3O3. The highest BCUT2D eigenvalue weighted by Crippen LogP contribution is 2.69. The summed E-state index contributed by atoms with van der Waals surface area (Å²) in [6.45, 7) is 7.17. The summed E-state index contributed by atoms with van der Waals surface area (Å²) in [7, 11) is 1.63. The van der Waals surface area contributed by atoms with Gasteiger partial charge >= 0.3 is 6.18 Å². The number of hydrogen-bond acceptors (Lipinski definition) is 3. The maximum Gasteiger partial charge on any atom is 0.417 e. The van der Waals surface area contributed by atoms with Gasteiger partial charge in [0.15, 0.2) is 5.60 Å². The minimum absolute atomic E-state index is 0.0434. The maximum absolute atomic E-state index is 13.5. The molecule has 0 aromatic heterocycles. The normalized spacial score (nSPS) is 49.6. The van der Waals surface area contributed by atoms with E-state index in [1.54, 1.807) is 7.11 Å². The van der Waals surface area contributed by atoms with Crippen LogP contribution in [0.3, 0.4) is 0 Å². The molecule has 4 aliphatic carbocycles. The zero-order valence-electron chi connectivity index (χ0n) is 19.5. The van der Waals surface area contributed by atoms with Crippen LogP contribution in [0.2, 0.25) is 0 Å². The van der Waals surface area contributed by atoms with Crippen molar-refractivity contribution in [1.82, 2.24) is 0 Å². The minimum Gasteiger partial charge on any atom is -0.390 e. The van der Waals surface area contributed by atoms with Crippen molar-refractivity contribution in [3.05, 3.63) is 0 Å². The zero-order valence-corrected chi connectivity index (χ0v) is 19.5. The number of fused-ring (bicyclic) bond motifs is 5. The second-order valence-electron chi connectivity index (χ2n) is 12.0. The van der Waals surface area contributed by atoms with Crippen molar-refractivity contribution >= 4 is 0 Å². The summed E-state index contributed by atoms with van der Waals surface area (Å²) in [6, 6.07) is 0. The number of aliphatic hydroxyl groups excluding tert-OH is 1. The fourth-order valence-electron chi connectivity index (χ4n) is 9.00. The highest BCUT2D eigenvalue weighted by Gasteiger charge is 2.65. The predicted octanol–water partition coefficient (Wildman–Crippen LogP) is 5.58. The highest BCUT2D eigenvalue weighted by atomic mass is 19.4.